The second kappa shape index (κ2) is 7.67. The molecular formula is C17H23N. The minimum absolute atomic E-state index is 1.10. The number of fused-ring (bicyclic) bond motifs is 2. The molecule has 0 aliphatic heterocycles. The third-order valence-corrected chi connectivity index (χ3v) is 3.00. The van der Waals surface area contributed by atoms with Crippen molar-refractivity contribution in [3.8, 4) is 0 Å². The maximum atomic E-state index is 4.50. The van der Waals surface area contributed by atoms with Crippen molar-refractivity contribution in [2.75, 3.05) is 7.05 Å². The number of rotatable bonds is 0. The van der Waals surface area contributed by atoms with Crippen molar-refractivity contribution in [3.63, 3.8) is 0 Å². The van der Waals surface area contributed by atoms with Crippen molar-refractivity contribution in [1.82, 2.24) is 0 Å². The zero-order valence-corrected chi connectivity index (χ0v) is 11.6. The summed E-state index contributed by atoms with van der Waals surface area (Å²) < 4.78 is 0. The molecule has 0 heterocycles. The average Bonchev–Trinajstić information content (AvgIpc) is 2.49. The van der Waals surface area contributed by atoms with Crippen molar-refractivity contribution >= 4 is 0 Å². The fourth-order valence-corrected chi connectivity index (χ4v) is 2.22. The molecule has 0 fully saturated rings. The Labute approximate surface area is 111 Å². The van der Waals surface area contributed by atoms with Crippen molar-refractivity contribution in [3.05, 3.63) is 70.8 Å². The molecule has 2 aromatic rings. The number of nitrogens with two attached hydrogens (primary N) is 1. The van der Waals surface area contributed by atoms with Gasteiger partial charge in [0.05, 0.1) is 0 Å². The first kappa shape index (κ1) is 14.5. The van der Waals surface area contributed by atoms with Gasteiger partial charge in [0.15, 0.2) is 0 Å². The van der Waals surface area contributed by atoms with E-state index in [1.54, 1.807) is 0 Å². The summed E-state index contributed by atoms with van der Waals surface area (Å²) in [5, 5.41) is 0. The standard InChI is InChI=1S/C14H12.C2H6.CH5N/c1-2-6-12-10-14-8-4-3-7-13(14)9-11(12)5-1;2*1-2/h1-8H,9-10H2;1-2H3;2H2,1H3. The molecule has 1 aliphatic carbocycles. The second-order valence-electron chi connectivity index (χ2n) is 3.89. The van der Waals surface area contributed by atoms with E-state index in [2.05, 4.69) is 54.3 Å². The van der Waals surface area contributed by atoms with E-state index >= 15 is 0 Å². The van der Waals surface area contributed by atoms with Gasteiger partial charge in [0.25, 0.3) is 0 Å². The van der Waals surface area contributed by atoms with Gasteiger partial charge in [-0.3, -0.25) is 0 Å². The minimum Gasteiger partial charge on any atom is -0.333 e. The second-order valence-corrected chi connectivity index (χ2v) is 3.89. The van der Waals surface area contributed by atoms with Crippen LogP contribution in [-0.2, 0) is 12.8 Å². The van der Waals surface area contributed by atoms with E-state index in [0.717, 1.165) is 12.8 Å². The predicted octanol–water partition coefficient (Wildman–Crippen LogP) is 3.78. The largest absolute Gasteiger partial charge is 0.333 e. The normalized spacial score (nSPS) is 10.9. The van der Waals surface area contributed by atoms with Gasteiger partial charge in [-0.1, -0.05) is 62.4 Å². The first-order chi connectivity index (χ1) is 8.93. The molecule has 3 rings (SSSR count). The van der Waals surface area contributed by atoms with E-state index in [1.807, 2.05) is 13.8 Å². The molecule has 0 saturated heterocycles. The van der Waals surface area contributed by atoms with Crippen molar-refractivity contribution in [1.29, 1.82) is 0 Å². The van der Waals surface area contributed by atoms with Crippen LogP contribution in [0.2, 0.25) is 0 Å². The zero-order chi connectivity index (χ0) is 13.4. The number of hydrogen-bond acceptors (Lipinski definition) is 1. The topological polar surface area (TPSA) is 26.0 Å². The molecule has 0 amide bonds. The Kier molecular flexibility index (Phi) is 6.16. The Morgan fingerprint density at radius 3 is 1.06 bits per heavy atom. The van der Waals surface area contributed by atoms with E-state index in [0.29, 0.717) is 0 Å². The summed E-state index contributed by atoms with van der Waals surface area (Å²) in [6.45, 7) is 4.00. The molecule has 2 N–H and O–H groups in total. The first-order valence-electron chi connectivity index (χ1n) is 6.65. The lowest BCUT2D eigenvalue weighted by atomic mass is 9.86. The van der Waals surface area contributed by atoms with Crippen LogP contribution in [0.5, 0.6) is 0 Å². The Morgan fingerprint density at radius 2 is 0.833 bits per heavy atom. The highest BCUT2D eigenvalue weighted by Gasteiger charge is 2.12. The lowest BCUT2D eigenvalue weighted by Gasteiger charge is -2.18. The Bertz CT molecular complexity index is 387. The Hall–Kier alpha value is -1.60. The highest BCUT2D eigenvalue weighted by Crippen LogP contribution is 2.26. The fourth-order valence-electron chi connectivity index (χ4n) is 2.22. The molecule has 0 spiro atoms. The summed E-state index contributed by atoms with van der Waals surface area (Å²) in [6, 6.07) is 17.5. The predicted molar refractivity (Wildman–Crippen MR) is 80.0 cm³/mol. The maximum absolute atomic E-state index is 4.50. The number of benzene rings is 2. The van der Waals surface area contributed by atoms with Crippen molar-refractivity contribution in [2.45, 2.75) is 26.7 Å². The molecule has 0 saturated carbocycles. The third-order valence-electron chi connectivity index (χ3n) is 3.00. The van der Waals surface area contributed by atoms with Crippen LogP contribution in [0.4, 0.5) is 0 Å². The molecule has 0 radical (unpaired) electrons. The lowest BCUT2D eigenvalue weighted by molar-refractivity contribution is 1.00. The summed E-state index contributed by atoms with van der Waals surface area (Å²) in [6.07, 6.45) is 2.21. The summed E-state index contributed by atoms with van der Waals surface area (Å²) in [5.41, 5.74) is 10.5. The van der Waals surface area contributed by atoms with Gasteiger partial charge >= 0.3 is 0 Å². The lowest BCUT2D eigenvalue weighted by Crippen LogP contribution is -2.06. The van der Waals surface area contributed by atoms with E-state index in [4.69, 9.17) is 0 Å². The summed E-state index contributed by atoms with van der Waals surface area (Å²) in [7, 11) is 1.50. The summed E-state index contributed by atoms with van der Waals surface area (Å²) >= 11 is 0. The zero-order valence-electron chi connectivity index (χ0n) is 11.6. The molecule has 1 heteroatoms. The molecule has 0 aromatic heterocycles. The van der Waals surface area contributed by atoms with Gasteiger partial charge in [0, 0.05) is 0 Å². The van der Waals surface area contributed by atoms with E-state index < -0.39 is 0 Å². The first-order valence-corrected chi connectivity index (χ1v) is 6.65. The van der Waals surface area contributed by atoms with E-state index in [1.165, 1.54) is 29.3 Å². The van der Waals surface area contributed by atoms with Gasteiger partial charge in [-0.05, 0) is 42.1 Å². The van der Waals surface area contributed by atoms with Gasteiger partial charge in [0.1, 0.15) is 0 Å². The Balaban J connectivity index is 0.000000371. The molecule has 0 atom stereocenters. The van der Waals surface area contributed by atoms with Crippen LogP contribution in [0.3, 0.4) is 0 Å². The average molecular weight is 241 g/mol. The molecule has 2 aromatic carbocycles. The smallest absolute Gasteiger partial charge is 0.00201 e. The van der Waals surface area contributed by atoms with Crippen molar-refractivity contribution < 1.29 is 0 Å². The molecule has 0 unspecified atom stereocenters. The van der Waals surface area contributed by atoms with Gasteiger partial charge in [0.2, 0.25) is 0 Å². The van der Waals surface area contributed by atoms with E-state index in [9.17, 15) is 0 Å². The van der Waals surface area contributed by atoms with Crippen LogP contribution >= 0.6 is 0 Å². The van der Waals surface area contributed by atoms with Gasteiger partial charge < -0.3 is 5.73 Å². The van der Waals surface area contributed by atoms with Gasteiger partial charge in [-0.25, -0.2) is 0 Å². The summed E-state index contributed by atoms with van der Waals surface area (Å²) in [4.78, 5) is 0. The highest BCUT2D eigenvalue weighted by molar-refractivity contribution is 5.44. The molecule has 1 nitrogen and oxygen atoms in total. The molecule has 1 aliphatic rings. The van der Waals surface area contributed by atoms with Gasteiger partial charge in [-0.2, -0.15) is 0 Å². The summed E-state index contributed by atoms with van der Waals surface area (Å²) in [5.74, 6) is 0. The monoisotopic (exact) mass is 241 g/mol. The molecule has 96 valence electrons. The van der Waals surface area contributed by atoms with E-state index in [-0.39, 0.29) is 0 Å². The SMILES string of the molecule is CC.CN.c1ccc2c(c1)Cc1ccccc1C2. The van der Waals surface area contributed by atoms with Crippen LogP contribution in [0, 0.1) is 0 Å². The van der Waals surface area contributed by atoms with Crippen LogP contribution in [-0.4, -0.2) is 7.05 Å². The third kappa shape index (κ3) is 3.21. The fraction of sp³-hybridized carbons (Fsp3) is 0.294. The van der Waals surface area contributed by atoms with Crippen LogP contribution in [0.25, 0.3) is 0 Å². The quantitative estimate of drug-likeness (QED) is 0.637. The highest BCUT2D eigenvalue weighted by atomic mass is 14.4. The molecule has 18 heavy (non-hydrogen) atoms. The van der Waals surface area contributed by atoms with Crippen LogP contribution < -0.4 is 5.73 Å². The van der Waals surface area contributed by atoms with Gasteiger partial charge in [-0.15, -0.1) is 0 Å². The molecule has 0 bridgehead atoms. The maximum Gasteiger partial charge on any atom is -0.00201 e. The van der Waals surface area contributed by atoms with Crippen LogP contribution in [0.15, 0.2) is 48.5 Å². The Morgan fingerprint density at radius 1 is 0.611 bits per heavy atom. The number of hydrogen-bond donors (Lipinski definition) is 1. The van der Waals surface area contributed by atoms with Crippen LogP contribution in [0.1, 0.15) is 36.1 Å². The minimum atomic E-state index is 1.10. The molecular weight excluding hydrogens is 218 g/mol. The van der Waals surface area contributed by atoms with Crippen molar-refractivity contribution in [2.24, 2.45) is 5.73 Å².